The van der Waals surface area contributed by atoms with E-state index in [9.17, 15) is 14.4 Å². The lowest BCUT2D eigenvalue weighted by molar-refractivity contribution is -0.144. The molecule has 8 heteroatoms. The molecule has 0 saturated carbocycles. The number of aromatic nitrogens is 1. The molecule has 8 nitrogen and oxygen atoms in total. The SMILES string of the molecule is O=C(CN1C(=O)[C@@H](NC(=O)c2nccc3ccccc23)COc2ccccc21)OCc1ccccc1. The molecule has 36 heavy (non-hydrogen) atoms. The number of nitrogens with one attached hydrogen (secondary N) is 1. The summed E-state index contributed by atoms with van der Waals surface area (Å²) in [5, 5.41) is 4.27. The average molecular weight is 482 g/mol. The van der Waals surface area contributed by atoms with Crippen molar-refractivity contribution in [3.05, 3.63) is 102 Å². The van der Waals surface area contributed by atoms with Crippen molar-refractivity contribution in [2.75, 3.05) is 18.1 Å². The second kappa shape index (κ2) is 10.3. The van der Waals surface area contributed by atoms with Gasteiger partial charge < -0.3 is 14.8 Å². The van der Waals surface area contributed by atoms with Gasteiger partial charge in [-0.1, -0.05) is 66.7 Å². The minimum absolute atomic E-state index is 0.0900. The maximum atomic E-state index is 13.6. The zero-order valence-corrected chi connectivity index (χ0v) is 19.3. The van der Waals surface area contributed by atoms with E-state index in [1.165, 1.54) is 4.90 Å². The number of amides is 2. The van der Waals surface area contributed by atoms with E-state index >= 15 is 0 Å². The Balaban J connectivity index is 1.36. The molecule has 1 N–H and O–H groups in total. The molecule has 2 amide bonds. The largest absolute Gasteiger partial charge is 0.489 e. The minimum atomic E-state index is -1.03. The first-order valence-corrected chi connectivity index (χ1v) is 11.5. The molecule has 0 fully saturated rings. The van der Waals surface area contributed by atoms with E-state index in [4.69, 9.17) is 9.47 Å². The van der Waals surface area contributed by atoms with Crippen molar-refractivity contribution in [1.82, 2.24) is 10.3 Å². The highest BCUT2D eigenvalue weighted by molar-refractivity contribution is 6.09. The van der Waals surface area contributed by atoms with Gasteiger partial charge in [-0.05, 0) is 29.1 Å². The van der Waals surface area contributed by atoms with Crippen LogP contribution in [0.3, 0.4) is 0 Å². The van der Waals surface area contributed by atoms with Crippen LogP contribution in [0, 0.1) is 0 Å². The fourth-order valence-electron chi connectivity index (χ4n) is 4.06. The van der Waals surface area contributed by atoms with Gasteiger partial charge in [0.15, 0.2) is 0 Å². The number of rotatable bonds is 6. The van der Waals surface area contributed by atoms with Gasteiger partial charge in [-0.2, -0.15) is 0 Å². The van der Waals surface area contributed by atoms with Crippen LogP contribution in [0.15, 0.2) is 91.1 Å². The van der Waals surface area contributed by atoms with Crippen LogP contribution in [-0.2, 0) is 20.9 Å². The minimum Gasteiger partial charge on any atom is -0.489 e. The average Bonchev–Trinajstić information content (AvgIpc) is 3.04. The number of carbonyl (C=O) groups is 3. The maximum absolute atomic E-state index is 13.6. The molecule has 1 aliphatic rings. The maximum Gasteiger partial charge on any atom is 0.326 e. The quantitative estimate of drug-likeness (QED) is 0.424. The lowest BCUT2D eigenvalue weighted by atomic mass is 10.1. The number of ether oxygens (including phenoxy) is 2. The van der Waals surface area contributed by atoms with Gasteiger partial charge in [0.25, 0.3) is 11.8 Å². The fourth-order valence-corrected chi connectivity index (χ4v) is 4.06. The lowest BCUT2D eigenvalue weighted by Gasteiger charge is -2.24. The van der Waals surface area contributed by atoms with Crippen LogP contribution in [0.1, 0.15) is 16.1 Å². The smallest absolute Gasteiger partial charge is 0.326 e. The van der Waals surface area contributed by atoms with Crippen LogP contribution in [0.2, 0.25) is 0 Å². The Morgan fingerprint density at radius 3 is 2.58 bits per heavy atom. The third kappa shape index (κ3) is 4.88. The number of pyridine rings is 1. The molecule has 1 aromatic heterocycles. The molecule has 0 radical (unpaired) electrons. The molecule has 0 spiro atoms. The highest BCUT2D eigenvalue weighted by atomic mass is 16.5. The predicted molar refractivity (Wildman–Crippen MR) is 134 cm³/mol. The zero-order chi connectivity index (χ0) is 24.9. The Bertz CT molecular complexity index is 1420. The molecular weight excluding hydrogens is 458 g/mol. The molecule has 180 valence electrons. The fraction of sp³-hybridized carbons (Fsp3) is 0.143. The van der Waals surface area contributed by atoms with Crippen LogP contribution >= 0.6 is 0 Å². The Kier molecular flexibility index (Phi) is 6.57. The summed E-state index contributed by atoms with van der Waals surface area (Å²) >= 11 is 0. The van der Waals surface area contributed by atoms with Gasteiger partial charge in [-0.15, -0.1) is 0 Å². The van der Waals surface area contributed by atoms with Crippen LogP contribution in [0.4, 0.5) is 5.69 Å². The van der Waals surface area contributed by atoms with E-state index < -0.39 is 23.8 Å². The van der Waals surface area contributed by atoms with E-state index in [0.717, 1.165) is 10.9 Å². The Labute approximate surface area is 207 Å². The van der Waals surface area contributed by atoms with E-state index in [1.807, 2.05) is 54.6 Å². The van der Waals surface area contributed by atoms with Crippen molar-refractivity contribution < 1.29 is 23.9 Å². The van der Waals surface area contributed by atoms with E-state index in [-0.39, 0.29) is 25.5 Å². The Morgan fingerprint density at radius 1 is 0.972 bits per heavy atom. The molecule has 1 aliphatic heterocycles. The molecule has 5 rings (SSSR count). The normalized spacial score (nSPS) is 14.9. The number of esters is 1. The number of hydrogen-bond acceptors (Lipinski definition) is 6. The monoisotopic (exact) mass is 481 g/mol. The van der Waals surface area contributed by atoms with Gasteiger partial charge in [0.2, 0.25) is 0 Å². The summed E-state index contributed by atoms with van der Waals surface area (Å²) in [7, 11) is 0. The van der Waals surface area contributed by atoms with Gasteiger partial charge >= 0.3 is 5.97 Å². The number of benzene rings is 3. The van der Waals surface area contributed by atoms with Crippen LogP contribution in [0.5, 0.6) is 5.75 Å². The summed E-state index contributed by atoms with van der Waals surface area (Å²) in [6.45, 7) is -0.334. The van der Waals surface area contributed by atoms with Gasteiger partial charge in [0, 0.05) is 11.6 Å². The highest BCUT2D eigenvalue weighted by Crippen LogP contribution is 2.31. The first-order chi connectivity index (χ1) is 17.6. The summed E-state index contributed by atoms with van der Waals surface area (Å²) in [4.78, 5) is 44.9. The predicted octanol–water partition coefficient (Wildman–Crippen LogP) is 3.50. The van der Waals surface area contributed by atoms with Gasteiger partial charge in [-0.3, -0.25) is 24.3 Å². The Morgan fingerprint density at radius 2 is 1.72 bits per heavy atom. The zero-order valence-electron chi connectivity index (χ0n) is 19.3. The standard InChI is InChI=1S/C28H23N3O5/c32-25(36-17-19-8-2-1-3-9-19)16-31-23-12-6-7-13-24(23)35-18-22(28(31)34)30-27(33)26-21-11-5-4-10-20(21)14-15-29-26/h1-15,22H,16-18H2,(H,30,33)/t22-/m0/s1. The van der Waals surface area contributed by atoms with Crippen LogP contribution < -0.4 is 15.0 Å². The molecule has 0 bridgehead atoms. The molecule has 0 saturated heterocycles. The second-order valence-corrected chi connectivity index (χ2v) is 8.26. The van der Waals surface area contributed by atoms with Crippen molar-refractivity contribution in [2.24, 2.45) is 0 Å². The molecule has 0 unspecified atom stereocenters. The van der Waals surface area contributed by atoms with Crippen molar-refractivity contribution >= 4 is 34.2 Å². The summed E-state index contributed by atoms with van der Waals surface area (Å²) in [5.74, 6) is -1.14. The highest BCUT2D eigenvalue weighted by Gasteiger charge is 2.34. The van der Waals surface area contributed by atoms with Crippen molar-refractivity contribution in [2.45, 2.75) is 12.6 Å². The number of anilines is 1. The second-order valence-electron chi connectivity index (χ2n) is 8.26. The number of fused-ring (bicyclic) bond motifs is 2. The number of hydrogen-bond donors (Lipinski definition) is 1. The van der Waals surface area contributed by atoms with Crippen LogP contribution in [-0.4, -0.2) is 42.0 Å². The summed E-state index contributed by atoms with van der Waals surface area (Å²) < 4.78 is 11.2. The Hall–Kier alpha value is -4.72. The molecule has 4 aromatic rings. The molecular formula is C28H23N3O5. The first kappa shape index (κ1) is 23.0. The van der Waals surface area contributed by atoms with E-state index in [2.05, 4.69) is 10.3 Å². The van der Waals surface area contributed by atoms with Gasteiger partial charge in [0.05, 0.1) is 5.69 Å². The number of carbonyl (C=O) groups excluding carboxylic acids is 3. The molecule has 2 heterocycles. The summed E-state index contributed by atoms with van der Waals surface area (Å²) in [5.41, 5.74) is 1.47. The van der Waals surface area contributed by atoms with Gasteiger partial charge in [0.1, 0.15) is 37.2 Å². The van der Waals surface area contributed by atoms with E-state index in [1.54, 1.807) is 36.5 Å². The summed E-state index contributed by atoms with van der Waals surface area (Å²) in [6.07, 6.45) is 1.55. The number of para-hydroxylation sites is 2. The molecule has 0 aliphatic carbocycles. The molecule has 1 atom stereocenters. The van der Waals surface area contributed by atoms with Gasteiger partial charge in [-0.25, -0.2) is 0 Å². The third-order valence-corrected chi connectivity index (χ3v) is 5.85. The lowest BCUT2D eigenvalue weighted by Crippen LogP contribution is -2.51. The number of nitrogens with zero attached hydrogens (tertiary/aromatic N) is 2. The van der Waals surface area contributed by atoms with E-state index in [0.29, 0.717) is 16.8 Å². The van der Waals surface area contributed by atoms with Crippen molar-refractivity contribution in [3.63, 3.8) is 0 Å². The molecule has 3 aromatic carbocycles. The summed E-state index contributed by atoms with van der Waals surface area (Å²) in [6, 6.07) is 24.3. The topological polar surface area (TPSA) is 97.8 Å². The van der Waals surface area contributed by atoms with Crippen LogP contribution in [0.25, 0.3) is 10.8 Å². The van der Waals surface area contributed by atoms with Crippen molar-refractivity contribution in [1.29, 1.82) is 0 Å². The first-order valence-electron chi connectivity index (χ1n) is 11.5. The third-order valence-electron chi connectivity index (χ3n) is 5.85. The van der Waals surface area contributed by atoms with Crippen molar-refractivity contribution in [3.8, 4) is 5.75 Å².